The zero-order valence-corrected chi connectivity index (χ0v) is 28.7. The van der Waals surface area contributed by atoms with E-state index in [-0.39, 0.29) is 42.2 Å². The van der Waals surface area contributed by atoms with Crippen LogP contribution in [0, 0.1) is 18.8 Å². The second kappa shape index (κ2) is 14.9. The third-order valence-electron chi connectivity index (χ3n) is 9.26. The fourth-order valence-corrected chi connectivity index (χ4v) is 6.38. The summed E-state index contributed by atoms with van der Waals surface area (Å²) in [6.07, 6.45) is 2.03. The lowest BCUT2D eigenvalue weighted by Crippen LogP contribution is -2.50. The standard InChI is InChI=1S/C38H34F3N9O3/c1-25-4-5-27(19-26(25)7-9-31-21-43-34-3-2-12-44-50(31)34)36(52)45-30-8-6-28(32(20-30)38(39,40)41)23-47-15-17-48(18-16-47)24-29-10-13-42-22-33(29)49-14-11-35(51)46-37(49)53/h2-6,8,10,12-13,19-22H,11,14-18,23-24H2,1H3,(H,45,52)(H,46,51,53). The maximum Gasteiger partial charge on any atom is 0.416 e. The summed E-state index contributed by atoms with van der Waals surface area (Å²) in [7, 11) is 0. The minimum absolute atomic E-state index is 0.0285. The van der Waals surface area contributed by atoms with Gasteiger partial charge in [-0.1, -0.05) is 18.1 Å². The molecule has 270 valence electrons. The lowest BCUT2D eigenvalue weighted by atomic mass is 10.0. The van der Waals surface area contributed by atoms with E-state index in [9.17, 15) is 27.6 Å². The molecule has 0 unspecified atom stereocenters. The van der Waals surface area contributed by atoms with Crippen LogP contribution >= 0.6 is 0 Å². The first-order valence-electron chi connectivity index (χ1n) is 16.9. The zero-order chi connectivity index (χ0) is 37.1. The summed E-state index contributed by atoms with van der Waals surface area (Å²) in [5.41, 5.74) is 3.70. The molecule has 0 aliphatic carbocycles. The highest BCUT2D eigenvalue weighted by Crippen LogP contribution is 2.35. The van der Waals surface area contributed by atoms with Gasteiger partial charge in [-0.25, -0.2) is 14.3 Å². The van der Waals surface area contributed by atoms with Gasteiger partial charge in [0.25, 0.3) is 5.91 Å². The summed E-state index contributed by atoms with van der Waals surface area (Å²) in [6, 6.07) is 13.7. The van der Waals surface area contributed by atoms with E-state index in [0.717, 1.165) is 17.2 Å². The van der Waals surface area contributed by atoms with Crippen LogP contribution in [0.25, 0.3) is 5.65 Å². The molecule has 2 aliphatic rings. The van der Waals surface area contributed by atoms with Crippen LogP contribution in [-0.2, 0) is 24.1 Å². The number of alkyl halides is 3. The van der Waals surface area contributed by atoms with Crippen molar-refractivity contribution in [2.45, 2.75) is 32.6 Å². The monoisotopic (exact) mass is 721 g/mol. The number of piperazine rings is 1. The van der Waals surface area contributed by atoms with Crippen molar-refractivity contribution in [3.05, 3.63) is 118 Å². The number of aryl methyl sites for hydroxylation is 1. The van der Waals surface area contributed by atoms with E-state index in [1.165, 1.54) is 17.0 Å². The fourth-order valence-electron chi connectivity index (χ4n) is 6.38. The molecule has 0 spiro atoms. The molecule has 2 saturated heterocycles. The second-order valence-electron chi connectivity index (χ2n) is 12.9. The number of aromatic nitrogens is 4. The maximum atomic E-state index is 14.4. The van der Waals surface area contributed by atoms with Gasteiger partial charge in [0.2, 0.25) is 5.91 Å². The topological polar surface area (TPSA) is 128 Å². The molecule has 0 bridgehead atoms. The van der Waals surface area contributed by atoms with Crippen molar-refractivity contribution in [1.82, 2.24) is 34.7 Å². The predicted octanol–water partition coefficient (Wildman–Crippen LogP) is 4.87. The number of nitrogens with one attached hydrogen (secondary N) is 2. The largest absolute Gasteiger partial charge is 0.416 e. The number of nitrogens with zero attached hydrogens (tertiary/aromatic N) is 7. The molecule has 0 saturated carbocycles. The number of imide groups is 1. The SMILES string of the molecule is Cc1ccc(C(=O)Nc2ccc(CN3CCN(Cc4ccncc4N4CCC(=O)NC4=O)CC3)c(C(F)(F)F)c2)cc1C#Cc1cnc2cccnn12. The Balaban J connectivity index is 0.995. The molecule has 5 heterocycles. The number of anilines is 2. The summed E-state index contributed by atoms with van der Waals surface area (Å²) >= 11 is 0. The smallest absolute Gasteiger partial charge is 0.322 e. The minimum Gasteiger partial charge on any atom is -0.322 e. The van der Waals surface area contributed by atoms with Crippen LogP contribution in [0.1, 0.15) is 50.3 Å². The molecule has 2 N–H and O–H groups in total. The Kier molecular flexibility index (Phi) is 9.90. The molecule has 2 fully saturated rings. The fraction of sp³-hybridized carbons (Fsp3) is 0.263. The minimum atomic E-state index is -4.64. The summed E-state index contributed by atoms with van der Waals surface area (Å²) in [6.45, 7) is 4.96. The van der Waals surface area contributed by atoms with Crippen LogP contribution in [0.15, 0.2) is 79.4 Å². The van der Waals surface area contributed by atoms with E-state index in [1.54, 1.807) is 59.6 Å². The van der Waals surface area contributed by atoms with Crippen molar-refractivity contribution in [1.29, 1.82) is 0 Å². The number of amides is 4. The highest BCUT2D eigenvalue weighted by molar-refractivity contribution is 6.06. The number of benzene rings is 2. The predicted molar refractivity (Wildman–Crippen MR) is 190 cm³/mol. The normalized spacial score (nSPS) is 15.6. The van der Waals surface area contributed by atoms with Gasteiger partial charge in [0.15, 0.2) is 5.65 Å². The van der Waals surface area contributed by atoms with E-state index in [4.69, 9.17) is 0 Å². The number of halogens is 3. The highest BCUT2D eigenvalue weighted by Gasteiger charge is 2.35. The molecule has 0 radical (unpaired) electrons. The number of rotatable bonds is 7. The quantitative estimate of drug-likeness (QED) is 0.228. The molecule has 4 amide bonds. The lowest BCUT2D eigenvalue weighted by molar-refractivity contribution is -0.138. The molecule has 2 aliphatic heterocycles. The van der Waals surface area contributed by atoms with Gasteiger partial charge < -0.3 is 5.32 Å². The van der Waals surface area contributed by atoms with Gasteiger partial charge in [-0.3, -0.25) is 34.6 Å². The number of urea groups is 1. The van der Waals surface area contributed by atoms with E-state index < -0.39 is 23.7 Å². The van der Waals surface area contributed by atoms with Gasteiger partial charge in [0, 0.05) is 81.4 Å². The van der Waals surface area contributed by atoms with Gasteiger partial charge in [-0.2, -0.15) is 18.3 Å². The average Bonchev–Trinajstić information content (AvgIpc) is 3.56. The number of carbonyl (C=O) groups excluding carboxylic acids is 3. The highest BCUT2D eigenvalue weighted by atomic mass is 19.4. The molecular weight excluding hydrogens is 687 g/mol. The summed E-state index contributed by atoms with van der Waals surface area (Å²) in [5.74, 6) is 5.21. The Hall–Kier alpha value is -6.11. The molecule has 0 atom stereocenters. The van der Waals surface area contributed by atoms with Crippen molar-refractivity contribution in [3.63, 3.8) is 0 Å². The van der Waals surface area contributed by atoms with Crippen molar-refractivity contribution in [2.24, 2.45) is 0 Å². The van der Waals surface area contributed by atoms with Crippen molar-refractivity contribution in [2.75, 3.05) is 42.9 Å². The maximum absolute atomic E-state index is 14.4. The van der Waals surface area contributed by atoms with Crippen LogP contribution in [0.2, 0.25) is 0 Å². The molecule has 53 heavy (non-hydrogen) atoms. The number of pyridine rings is 1. The van der Waals surface area contributed by atoms with Gasteiger partial charge in [-0.05, 0) is 72.0 Å². The van der Waals surface area contributed by atoms with Crippen LogP contribution < -0.4 is 15.5 Å². The third kappa shape index (κ3) is 8.03. The zero-order valence-electron chi connectivity index (χ0n) is 28.7. The molecule has 12 nitrogen and oxygen atoms in total. The molecule has 15 heteroatoms. The number of imidazole rings is 1. The van der Waals surface area contributed by atoms with E-state index in [0.29, 0.717) is 55.3 Å². The molecular formula is C38H34F3N9O3. The van der Waals surface area contributed by atoms with E-state index in [2.05, 4.69) is 42.4 Å². The number of fused-ring (bicyclic) bond motifs is 1. The third-order valence-corrected chi connectivity index (χ3v) is 9.26. The first kappa shape index (κ1) is 35.3. The first-order chi connectivity index (χ1) is 25.5. The Labute approximate surface area is 302 Å². The Morgan fingerprint density at radius 2 is 1.68 bits per heavy atom. The summed E-state index contributed by atoms with van der Waals surface area (Å²) in [4.78, 5) is 51.4. The van der Waals surface area contributed by atoms with Crippen LogP contribution in [0.3, 0.4) is 0 Å². The van der Waals surface area contributed by atoms with Gasteiger partial charge in [0.05, 0.1) is 23.6 Å². The van der Waals surface area contributed by atoms with E-state index >= 15 is 0 Å². The Morgan fingerprint density at radius 1 is 0.906 bits per heavy atom. The lowest BCUT2D eigenvalue weighted by Gasteiger charge is -2.36. The molecule has 5 aromatic rings. The Bertz CT molecular complexity index is 2270. The van der Waals surface area contributed by atoms with Crippen molar-refractivity contribution >= 4 is 34.9 Å². The summed E-state index contributed by atoms with van der Waals surface area (Å²) in [5, 5.41) is 9.20. The van der Waals surface area contributed by atoms with Crippen molar-refractivity contribution < 1.29 is 27.6 Å². The van der Waals surface area contributed by atoms with Gasteiger partial charge >= 0.3 is 12.2 Å². The van der Waals surface area contributed by atoms with E-state index in [1.807, 2.05) is 17.9 Å². The number of hydrogen-bond donors (Lipinski definition) is 2. The molecule has 7 rings (SSSR count). The van der Waals surface area contributed by atoms with Crippen LogP contribution in [0.5, 0.6) is 0 Å². The number of carbonyl (C=O) groups is 3. The Morgan fingerprint density at radius 3 is 2.43 bits per heavy atom. The van der Waals surface area contributed by atoms with Crippen LogP contribution in [0.4, 0.5) is 29.3 Å². The van der Waals surface area contributed by atoms with Crippen molar-refractivity contribution in [3.8, 4) is 11.8 Å². The second-order valence-corrected chi connectivity index (χ2v) is 12.9. The van der Waals surface area contributed by atoms with Gasteiger partial charge in [0.1, 0.15) is 5.69 Å². The molecule has 2 aromatic carbocycles. The summed E-state index contributed by atoms with van der Waals surface area (Å²) < 4.78 is 44.7. The average molecular weight is 722 g/mol. The number of hydrogen-bond acceptors (Lipinski definition) is 8. The van der Waals surface area contributed by atoms with Crippen LogP contribution in [-0.4, -0.2) is 80.0 Å². The molecule has 3 aromatic heterocycles. The first-order valence-corrected chi connectivity index (χ1v) is 16.9. The van der Waals surface area contributed by atoms with Gasteiger partial charge in [-0.15, -0.1) is 0 Å².